The quantitative estimate of drug-likeness (QED) is 0.532. The molecule has 2 fully saturated rings. The smallest absolute Gasteiger partial charge is 0.264 e. The summed E-state index contributed by atoms with van der Waals surface area (Å²) in [6.07, 6.45) is -1.12. The van der Waals surface area contributed by atoms with Crippen LogP contribution in [0.4, 0.5) is 0 Å². The molecule has 0 bridgehead atoms. The van der Waals surface area contributed by atoms with Crippen LogP contribution in [0.25, 0.3) is 0 Å². The molecule has 2 heterocycles. The summed E-state index contributed by atoms with van der Waals surface area (Å²) in [6.45, 7) is 2.80. The molecule has 2 saturated heterocycles. The van der Waals surface area contributed by atoms with Crippen molar-refractivity contribution in [2.45, 2.75) is 43.7 Å². The van der Waals surface area contributed by atoms with Crippen LogP contribution in [0.1, 0.15) is 13.8 Å². The minimum absolute atomic E-state index is 0.0886. The van der Waals surface area contributed by atoms with Crippen molar-refractivity contribution in [2.75, 3.05) is 32.8 Å². The maximum Gasteiger partial charge on any atom is 0.264 e. The van der Waals surface area contributed by atoms with Gasteiger partial charge in [-0.15, -0.1) is 0 Å². The standard InChI is InChI=1S/C12H22O10S2/c1-11(2)18-6-8-9(21-11)10(22-24(5,15)16)12(17-3,20-8)7-19-23(4,13)14/h8-10H,6-7H2,1-5H3/t8-,9+,10-,12+/m0/s1. The Morgan fingerprint density at radius 3 is 2.21 bits per heavy atom. The summed E-state index contributed by atoms with van der Waals surface area (Å²) in [6, 6.07) is 0. The second kappa shape index (κ2) is 6.43. The van der Waals surface area contributed by atoms with Crippen LogP contribution >= 0.6 is 0 Å². The third-order valence-corrected chi connectivity index (χ3v) is 4.67. The molecule has 12 heteroatoms. The van der Waals surface area contributed by atoms with E-state index in [0.29, 0.717) is 0 Å². The van der Waals surface area contributed by atoms with E-state index in [4.69, 9.17) is 27.3 Å². The van der Waals surface area contributed by atoms with Gasteiger partial charge in [0.05, 0.1) is 19.1 Å². The van der Waals surface area contributed by atoms with Crippen LogP contribution in [0.15, 0.2) is 0 Å². The number of fused-ring (bicyclic) bond motifs is 1. The van der Waals surface area contributed by atoms with Gasteiger partial charge in [-0.2, -0.15) is 16.8 Å². The normalized spacial score (nSPS) is 36.5. The Morgan fingerprint density at radius 2 is 1.71 bits per heavy atom. The highest BCUT2D eigenvalue weighted by Crippen LogP contribution is 2.41. The molecule has 0 aromatic carbocycles. The lowest BCUT2D eigenvalue weighted by atomic mass is 10.0. The summed E-state index contributed by atoms with van der Waals surface area (Å²) >= 11 is 0. The average molecular weight is 390 g/mol. The molecular formula is C12H22O10S2. The Balaban J connectivity index is 2.36. The highest BCUT2D eigenvalue weighted by molar-refractivity contribution is 7.86. The first-order valence-corrected chi connectivity index (χ1v) is 10.7. The van der Waals surface area contributed by atoms with Crippen molar-refractivity contribution in [1.82, 2.24) is 0 Å². The third-order valence-electron chi connectivity index (χ3n) is 3.56. The van der Waals surface area contributed by atoms with Gasteiger partial charge in [0.25, 0.3) is 20.2 Å². The van der Waals surface area contributed by atoms with Crippen molar-refractivity contribution >= 4 is 20.2 Å². The lowest BCUT2D eigenvalue weighted by Crippen LogP contribution is -2.54. The average Bonchev–Trinajstić information content (AvgIpc) is 2.68. The molecule has 4 atom stereocenters. The van der Waals surface area contributed by atoms with Crippen molar-refractivity contribution in [3.8, 4) is 0 Å². The van der Waals surface area contributed by atoms with Crippen LogP contribution in [-0.4, -0.2) is 79.6 Å². The van der Waals surface area contributed by atoms with Gasteiger partial charge in [-0.3, -0.25) is 8.37 Å². The Labute approximate surface area is 141 Å². The summed E-state index contributed by atoms with van der Waals surface area (Å²) < 4.78 is 77.9. The Hall–Kier alpha value is -0.340. The van der Waals surface area contributed by atoms with Gasteiger partial charge in [0.1, 0.15) is 18.8 Å². The maximum absolute atomic E-state index is 11.6. The van der Waals surface area contributed by atoms with Crippen molar-refractivity contribution in [3.05, 3.63) is 0 Å². The molecular weight excluding hydrogens is 368 g/mol. The minimum Gasteiger partial charge on any atom is -0.349 e. The molecule has 2 aliphatic rings. The lowest BCUT2D eigenvalue weighted by molar-refractivity contribution is -0.303. The van der Waals surface area contributed by atoms with Crippen molar-refractivity contribution < 1.29 is 44.1 Å². The van der Waals surface area contributed by atoms with Crippen molar-refractivity contribution in [3.63, 3.8) is 0 Å². The summed E-state index contributed by atoms with van der Waals surface area (Å²) in [7, 11) is -6.51. The lowest BCUT2D eigenvalue weighted by Gasteiger charge is -2.38. The summed E-state index contributed by atoms with van der Waals surface area (Å²) in [4.78, 5) is 0. The number of hydrogen-bond donors (Lipinski definition) is 0. The van der Waals surface area contributed by atoms with Gasteiger partial charge < -0.3 is 18.9 Å². The van der Waals surface area contributed by atoms with E-state index in [-0.39, 0.29) is 6.61 Å². The monoisotopic (exact) mass is 390 g/mol. The van der Waals surface area contributed by atoms with Crippen LogP contribution in [0.5, 0.6) is 0 Å². The fourth-order valence-electron chi connectivity index (χ4n) is 2.59. The third kappa shape index (κ3) is 4.64. The SMILES string of the molecule is CO[C@]1(COS(C)(=O)=O)O[C@H]2COC(C)(C)O[C@H]2[C@@H]1OS(C)(=O)=O. The molecule has 0 amide bonds. The van der Waals surface area contributed by atoms with Crippen LogP contribution in [0.3, 0.4) is 0 Å². The van der Waals surface area contributed by atoms with E-state index in [9.17, 15) is 16.8 Å². The number of rotatable bonds is 6. The summed E-state index contributed by atoms with van der Waals surface area (Å²) in [5.74, 6) is -2.78. The second-order valence-corrected chi connectivity index (χ2v) is 9.40. The first-order valence-electron chi connectivity index (χ1n) is 7.04. The summed E-state index contributed by atoms with van der Waals surface area (Å²) in [5.41, 5.74) is 0. The molecule has 2 aliphatic heterocycles. The highest BCUT2D eigenvalue weighted by atomic mass is 32.2. The van der Waals surface area contributed by atoms with E-state index in [0.717, 1.165) is 12.5 Å². The van der Waals surface area contributed by atoms with Crippen LogP contribution < -0.4 is 0 Å². The van der Waals surface area contributed by atoms with E-state index >= 15 is 0 Å². The van der Waals surface area contributed by atoms with E-state index < -0.39 is 56.7 Å². The highest BCUT2D eigenvalue weighted by Gasteiger charge is 2.62. The molecule has 0 N–H and O–H groups in total. The predicted octanol–water partition coefficient (Wildman–Crippen LogP) is -0.800. The molecule has 2 rings (SSSR count). The zero-order valence-electron chi connectivity index (χ0n) is 14.0. The van der Waals surface area contributed by atoms with Crippen molar-refractivity contribution in [2.24, 2.45) is 0 Å². The number of methoxy groups -OCH3 is 1. The largest absolute Gasteiger partial charge is 0.349 e. The van der Waals surface area contributed by atoms with Gasteiger partial charge >= 0.3 is 0 Å². The van der Waals surface area contributed by atoms with Gasteiger partial charge in [-0.05, 0) is 13.8 Å². The molecule has 0 spiro atoms. The zero-order valence-corrected chi connectivity index (χ0v) is 15.7. The first-order chi connectivity index (χ1) is 10.8. The van der Waals surface area contributed by atoms with Gasteiger partial charge in [-0.1, -0.05) is 0 Å². The fourth-order valence-corrected chi connectivity index (χ4v) is 3.60. The molecule has 0 saturated carbocycles. The summed E-state index contributed by atoms with van der Waals surface area (Å²) in [5, 5.41) is 0. The van der Waals surface area contributed by atoms with E-state index in [1.807, 2.05) is 0 Å². The van der Waals surface area contributed by atoms with Gasteiger partial charge in [0.15, 0.2) is 11.9 Å². The Bertz CT molecular complexity index is 670. The molecule has 0 aromatic heterocycles. The minimum atomic E-state index is -3.92. The van der Waals surface area contributed by atoms with E-state index in [1.54, 1.807) is 13.8 Å². The molecule has 0 aromatic rings. The molecule has 0 unspecified atom stereocenters. The number of hydrogen-bond acceptors (Lipinski definition) is 10. The van der Waals surface area contributed by atoms with Gasteiger partial charge in [-0.25, -0.2) is 0 Å². The van der Waals surface area contributed by atoms with Crippen molar-refractivity contribution in [1.29, 1.82) is 0 Å². The molecule has 24 heavy (non-hydrogen) atoms. The van der Waals surface area contributed by atoms with E-state index in [2.05, 4.69) is 0 Å². The van der Waals surface area contributed by atoms with Crippen LogP contribution in [0, 0.1) is 0 Å². The zero-order chi connectivity index (χ0) is 18.4. The van der Waals surface area contributed by atoms with Crippen LogP contribution in [-0.2, 0) is 47.5 Å². The second-order valence-electron chi connectivity index (χ2n) is 6.15. The molecule has 0 radical (unpaired) electrons. The predicted molar refractivity (Wildman–Crippen MR) is 80.0 cm³/mol. The Kier molecular flexibility index (Phi) is 5.35. The van der Waals surface area contributed by atoms with Gasteiger partial charge in [0, 0.05) is 7.11 Å². The maximum atomic E-state index is 11.6. The van der Waals surface area contributed by atoms with Crippen LogP contribution in [0.2, 0.25) is 0 Å². The van der Waals surface area contributed by atoms with Gasteiger partial charge in [0.2, 0.25) is 5.79 Å². The van der Waals surface area contributed by atoms with E-state index in [1.165, 1.54) is 7.11 Å². The Morgan fingerprint density at radius 1 is 1.08 bits per heavy atom. The fraction of sp³-hybridized carbons (Fsp3) is 1.00. The first kappa shape index (κ1) is 20.0. The molecule has 0 aliphatic carbocycles. The molecule has 142 valence electrons. The number of ether oxygens (including phenoxy) is 4. The topological polar surface area (TPSA) is 124 Å². The molecule has 10 nitrogen and oxygen atoms in total.